The normalized spacial score (nSPS) is 12.1. The van der Waals surface area contributed by atoms with E-state index in [4.69, 9.17) is 18.0 Å². The first kappa shape index (κ1) is 16.9. The van der Waals surface area contributed by atoms with Gasteiger partial charge in [-0.3, -0.25) is 4.31 Å². The van der Waals surface area contributed by atoms with Gasteiger partial charge >= 0.3 is 0 Å². The lowest BCUT2D eigenvalue weighted by atomic mass is 10.2. The Kier molecular flexibility index (Phi) is 5.11. The van der Waals surface area contributed by atoms with Crippen LogP contribution in [0.5, 0.6) is 0 Å². The third-order valence-corrected chi connectivity index (χ3v) is 5.85. The van der Waals surface area contributed by atoms with Crippen molar-refractivity contribution in [2.45, 2.75) is 0 Å². The highest BCUT2D eigenvalue weighted by Crippen LogP contribution is 2.17. The summed E-state index contributed by atoms with van der Waals surface area (Å²) in [5, 5.41) is 0. The number of sulfone groups is 1. The summed E-state index contributed by atoms with van der Waals surface area (Å²) in [6.45, 7) is 0. The molecule has 6 nitrogen and oxygen atoms in total. The number of benzene rings is 1. The second-order valence-electron chi connectivity index (χ2n) is 4.32. The SMILES string of the molecule is CN(c1ccc(C(N)=S)cc1)S(=O)(=O)CCS(C)(=O)=O. The predicted molar refractivity (Wildman–Crippen MR) is 84.2 cm³/mol. The smallest absolute Gasteiger partial charge is 0.235 e. The van der Waals surface area contributed by atoms with Crippen molar-refractivity contribution in [2.75, 3.05) is 29.1 Å². The van der Waals surface area contributed by atoms with Crippen molar-refractivity contribution in [3.8, 4) is 0 Å². The topological polar surface area (TPSA) is 97.5 Å². The minimum atomic E-state index is -3.69. The van der Waals surface area contributed by atoms with Gasteiger partial charge in [-0.1, -0.05) is 12.2 Å². The molecule has 0 atom stereocenters. The lowest BCUT2D eigenvalue weighted by Gasteiger charge is -2.19. The van der Waals surface area contributed by atoms with Crippen LogP contribution in [-0.4, -0.2) is 46.6 Å². The summed E-state index contributed by atoms with van der Waals surface area (Å²) in [7, 11) is -5.65. The lowest BCUT2D eigenvalue weighted by Crippen LogP contribution is -2.31. The number of nitrogens with zero attached hydrogens (tertiary/aromatic N) is 1. The van der Waals surface area contributed by atoms with Gasteiger partial charge in [-0.05, 0) is 24.3 Å². The zero-order chi connectivity index (χ0) is 15.6. The van der Waals surface area contributed by atoms with E-state index in [1.165, 1.54) is 7.05 Å². The van der Waals surface area contributed by atoms with Crippen molar-refractivity contribution in [3.05, 3.63) is 29.8 Å². The maximum atomic E-state index is 12.0. The Labute approximate surface area is 124 Å². The summed E-state index contributed by atoms with van der Waals surface area (Å²) in [6, 6.07) is 6.35. The van der Waals surface area contributed by atoms with Crippen molar-refractivity contribution < 1.29 is 16.8 Å². The number of hydrogen-bond donors (Lipinski definition) is 1. The number of nitrogens with two attached hydrogens (primary N) is 1. The predicted octanol–water partition coefficient (Wildman–Crippen LogP) is 0.131. The quantitative estimate of drug-likeness (QED) is 0.742. The molecule has 112 valence electrons. The molecule has 1 aromatic carbocycles. The molecule has 9 heteroatoms. The molecular weight excluding hydrogens is 320 g/mol. The Morgan fingerprint density at radius 2 is 1.65 bits per heavy atom. The summed E-state index contributed by atoms with van der Waals surface area (Å²) < 4.78 is 47.1. The fourth-order valence-electron chi connectivity index (χ4n) is 1.39. The lowest BCUT2D eigenvalue weighted by molar-refractivity contribution is 0.589. The van der Waals surface area contributed by atoms with Crippen molar-refractivity contribution >= 4 is 42.8 Å². The van der Waals surface area contributed by atoms with E-state index in [1.807, 2.05) is 0 Å². The van der Waals surface area contributed by atoms with Crippen molar-refractivity contribution in [2.24, 2.45) is 5.73 Å². The first-order valence-corrected chi connectivity index (χ1v) is 9.65. The zero-order valence-electron chi connectivity index (χ0n) is 11.1. The van der Waals surface area contributed by atoms with Crippen LogP contribution in [0, 0.1) is 0 Å². The van der Waals surface area contributed by atoms with Crippen LogP contribution < -0.4 is 10.0 Å². The molecule has 0 heterocycles. The van der Waals surface area contributed by atoms with Crippen molar-refractivity contribution in [3.63, 3.8) is 0 Å². The van der Waals surface area contributed by atoms with Gasteiger partial charge in [0.1, 0.15) is 14.8 Å². The van der Waals surface area contributed by atoms with Crippen LogP contribution in [0.4, 0.5) is 5.69 Å². The Bertz CT molecular complexity index is 694. The Morgan fingerprint density at radius 1 is 1.15 bits per heavy atom. The number of rotatable bonds is 6. The molecule has 0 aliphatic carbocycles. The molecule has 0 aromatic heterocycles. The zero-order valence-corrected chi connectivity index (χ0v) is 13.6. The summed E-state index contributed by atoms with van der Waals surface area (Å²) in [4.78, 5) is 0.221. The van der Waals surface area contributed by atoms with Gasteiger partial charge in [0.2, 0.25) is 10.0 Å². The van der Waals surface area contributed by atoms with Gasteiger partial charge in [-0.15, -0.1) is 0 Å². The highest BCUT2D eigenvalue weighted by atomic mass is 32.2. The van der Waals surface area contributed by atoms with Gasteiger partial charge in [0.15, 0.2) is 0 Å². The molecule has 0 aliphatic heterocycles. The van der Waals surface area contributed by atoms with Crippen LogP contribution in [0.1, 0.15) is 5.56 Å². The minimum absolute atomic E-state index is 0.221. The minimum Gasteiger partial charge on any atom is -0.389 e. The molecule has 0 fully saturated rings. The maximum absolute atomic E-state index is 12.0. The van der Waals surface area contributed by atoms with Gasteiger partial charge in [0, 0.05) is 18.9 Å². The third-order valence-electron chi connectivity index (χ3n) is 2.64. The van der Waals surface area contributed by atoms with Crippen LogP contribution in [0.15, 0.2) is 24.3 Å². The number of hydrogen-bond acceptors (Lipinski definition) is 5. The van der Waals surface area contributed by atoms with Crippen LogP contribution >= 0.6 is 12.2 Å². The highest BCUT2D eigenvalue weighted by molar-refractivity contribution is 7.95. The van der Waals surface area contributed by atoms with E-state index in [-0.39, 0.29) is 4.99 Å². The van der Waals surface area contributed by atoms with E-state index >= 15 is 0 Å². The van der Waals surface area contributed by atoms with E-state index in [1.54, 1.807) is 24.3 Å². The Hall–Kier alpha value is -1.19. The second kappa shape index (κ2) is 6.06. The molecule has 0 saturated carbocycles. The van der Waals surface area contributed by atoms with Crippen LogP contribution in [0.2, 0.25) is 0 Å². The fraction of sp³-hybridized carbons (Fsp3) is 0.364. The van der Waals surface area contributed by atoms with Gasteiger partial charge in [-0.25, -0.2) is 16.8 Å². The molecule has 2 N–H and O–H groups in total. The molecule has 0 aliphatic rings. The first-order chi connectivity index (χ1) is 9.03. The summed E-state index contributed by atoms with van der Waals surface area (Å²) >= 11 is 4.81. The van der Waals surface area contributed by atoms with Crippen molar-refractivity contribution in [1.29, 1.82) is 0 Å². The summed E-state index contributed by atoms with van der Waals surface area (Å²) in [5.74, 6) is -0.871. The van der Waals surface area contributed by atoms with Gasteiger partial charge in [-0.2, -0.15) is 0 Å². The van der Waals surface area contributed by atoms with Gasteiger partial charge in [0.05, 0.1) is 17.2 Å². The number of thiocarbonyl (C=S) groups is 1. The Balaban J connectivity index is 2.93. The summed E-state index contributed by atoms with van der Waals surface area (Å²) in [6.07, 6.45) is 1.000. The monoisotopic (exact) mass is 336 g/mol. The van der Waals surface area contributed by atoms with Crippen molar-refractivity contribution in [1.82, 2.24) is 0 Å². The fourth-order valence-corrected chi connectivity index (χ4v) is 4.30. The molecule has 0 unspecified atom stereocenters. The largest absolute Gasteiger partial charge is 0.389 e. The average Bonchev–Trinajstić information content (AvgIpc) is 2.35. The number of anilines is 1. The van der Waals surface area contributed by atoms with E-state index < -0.39 is 31.4 Å². The maximum Gasteiger partial charge on any atom is 0.235 e. The molecule has 0 amide bonds. The highest BCUT2D eigenvalue weighted by Gasteiger charge is 2.20. The van der Waals surface area contributed by atoms with Gasteiger partial charge < -0.3 is 5.73 Å². The summed E-state index contributed by atoms with van der Waals surface area (Å²) in [5.41, 5.74) is 6.50. The molecule has 0 spiro atoms. The molecule has 0 saturated heterocycles. The molecular formula is C11H16N2O4S3. The molecule has 20 heavy (non-hydrogen) atoms. The van der Waals surface area contributed by atoms with E-state index in [0.29, 0.717) is 11.3 Å². The van der Waals surface area contributed by atoms with Crippen LogP contribution in [0.3, 0.4) is 0 Å². The second-order valence-corrected chi connectivity index (χ2v) is 9.14. The Morgan fingerprint density at radius 3 is 2.05 bits per heavy atom. The molecule has 1 aromatic rings. The number of sulfonamides is 1. The molecule has 0 bridgehead atoms. The van der Waals surface area contributed by atoms with Gasteiger partial charge in [0.25, 0.3) is 0 Å². The standard InChI is InChI=1S/C11H16N2O4S3/c1-13(20(16,17)8-7-19(2,14)15)10-5-3-9(4-6-10)11(12)18/h3-6H,7-8H2,1-2H3,(H2,12,18). The third kappa shape index (κ3) is 4.73. The first-order valence-electron chi connectivity index (χ1n) is 5.57. The molecule has 1 rings (SSSR count). The van der Waals surface area contributed by atoms with E-state index in [2.05, 4.69) is 0 Å². The van der Waals surface area contributed by atoms with E-state index in [9.17, 15) is 16.8 Å². The molecule has 0 radical (unpaired) electrons. The average molecular weight is 336 g/mol. The van der Waals surface area contributed by atoms with Crippen LogP contribution in [-0.2, 0) is 19.9 Å². The van der Waals surface area contributed by atoms with Crippen LogP contribution in [0.25, 0.3) is 0 Å². The van der Waals surface area contributed by atoms with E-state index in [0.717, 1.165) is 10.6 Å².